The number of ketones is 1. The first-order valence-electron chi connectivity index (χ1n) is 7.41. The first-order valence-corrected chi connectivity index (χ1v) is 7.41. The molecule has 1 aliphatic rings. The highest BCUT2D eigenvalue weighted by molar-refractivity contribution is 5.96. The maximum absolute atomic E-state index is 12.2. The van der Waals surface area contributed by atoms with E-state index in [0.717, 1.165) is 18.4 Å². The molecule has 0 bridgehead atoms. The average Bonchev–Trinajstić information content (AvgIpc) is 2.67. The summed E-state index contributed by atoms with van der Waals surface area (Å²) in [5.41, 5.74) is 2.21. The fourth-order valence-corrected chi connectivity index (χ4v) is 2.87. The summed E-state index contributed by atoms with van der Waals surface area (Å²) >= 11 is 0. The molecule has 0 heterocycles. The van der Waals surface area contributed by atoms with Gasteiger partial charge in [0, 0.05) is 12.0 Å². The maximum atomic E-state index is 12.2. The van der Waals surface area contributed by atoms with Crippen LogP contribution in [0.4, 0.5) is 0 Å². The third-order valence-electron chi connectivity index (χ3n) is 4.13. The maximum Gasteiger partial charge on any atom is 0.163 e. The number of Topliss-reactive ketones (excluding diaryl/α,β-unsaturated/α-hetero) is 1. The van der Waals surface area contributed by atoms with Gasteiger partial charge in [0.15, 0.2) is 5.78 Å². The minimum absolute atomic E-state index is 0.338. The Kier molecular flexibility index (Phi) is 4.98. The van der Waals surface area contributed by atoms with Crippen LogP contribution in [0.15, 0.2) is 24.3 Å². The molecule has 1 aromatic carbocycles. The molecule has 1 aromatic rings. The van der Waals surface area contributed by atoms with Gasteiger partial charge in [-0.2, -0.15) is 0 Å². The zero-order valence-electron chi connectivity index (χ0n) is 11.5. The van der Waals surface area contributed by atoms with Gasteiger partial charge in [0.05, 0.1) is 0 Å². The van der Waals surface area contributed by atoms with E-state index >= 15 is 0 Å². The highest BCUT2D eigenvalue weighted by atomic mass is 16.1. The molecular formula is C17H24O. The molecule has 0 spiro atoms. The molecule has 0 unspecified atom stereocenters. The molecule has 0 N–H and O–H groups in total. The number of hydrogen-bond acceptors (Lipinski definition) is 1. The highest BCUT2D eigenvalue weighted by Gasteiger charge is 2.16. The molecule has 0 saturated heterocycles. The van der Waals surface area contributed by atoms with Gasteiger partial charge in [-0.25, -0.2) is 0 Å². The summed E-state index contributed by atoms with van der Waals surface area (Å²) < 4.78 is 0. The molecule has 98 valence electrons. The third-order valence-corrected chi connectivity index (χ3v) is 4.13. The van der Waals surface area contributed by atoms with E-state index in [1.54, 1.807) is 0 Å². The van der Waals surface area contributed by atoms with Crippen LogP contribution >= 0.6 is 0 Å². The van der Waals surface area contributed by atoms with Crippen molar-refractivity contribution in [3.05, 3.63) is 35.4 Å². The van der Waals surface area contributed by atoms with Crippen LogP contribution in [-0.4, -0.2) is 5.78 Å². The largest absolute Gasteiger partial charge is 0.294 e. The van der Waals surface area contributed by atoms with Gasteiger partial charge in [0.25, 0.3) is 0 Å². The van der Waals surface area contributed by atoms with Gasteiger partial charge in [0.1, 0.15) is 0 Å². The number of hydrogen-bond donors (Lipinski definition) is 0. The van der Waals surface area contributed by atoms with Crippen molar-refractivity contribution in [1.82, 2.24) is 0 Å². The monoisotopic (exact) mass is 244 g/mol. The summed E-state index contributed by atoms with van der Waals surface area (Å²) in [6.07, 6.45) is 9.63. The number of aryl methyl sites for hydroxylation is 1. The molecular weight excluding hydrogens is 220 g/mol. The Morgan fingerprint density at radius 1 is 1.06 bits per heavy atom. The summed E-state index contributed by atoms with van der Waals surface area (Å²) in [5, 5.41) is 0. The van der Waals surface area contributed by atoms with Crippen molar-refractivity contribution in [1.29, 1.82) is 0 Å². The average molecular weight is 244 g/mol. The first kappa shape index (κ1) is 13.3. The number of carbonyl (C=O) groups is 1. The second kappa shape index (κ2) is 6.72. The molecule has 2 rings (SSSR count). The van der Waals surface area contributed by atoms with E-state index in [4.69, 9.17) is 0 Å². The minimum Gasteiger partial charge on any atom is -0.294 e. The predicted octanol–water partition coefficient (Wildman–Crippen LogP) is 4.79. The summed E-state index contributed by atoms with van der Waals surface area (Å²) in [6, 6.07) is 8.16. The molecule has 1 saturated carbocycles. The standard InChI is InChI=1S/C17H24O/c1-2-14-9-11-16(12-10-14)17(18)13-15-7-5-3-4-6-8-15/h9-12,15H,2-8,13H2,1H3. The van der Waals surface area contributed by atoms with E-state index in [0.29, 0.717) is 11.7 Å². The fourth-order valence-electron chi connectivity index (χ4n) is 2.87. The van der Waals surface area contributed by atoms with E-state index in [1.807, 2.05) is 12.1 Å². The predicted molar refractivity (Wildman–Crippen MR) is 76.0 cm³/mol. The number of rotatable bonds is 4. The lowest BCUT2D eigenvalue weighted by atomic mass is 9.92. The van der Waals surface area contributed by atoms with E-state index in [2.05, 4.69) is 19.1 Å². The van der Waals surface area contributed by atoms with Crippen molar-refractivity contribution in [3.8, 4) is 0 Å². The van der Waals surface area contributed by atoms with Crippen molar-refractivity contribution in [3.63, 3.8) is 0 Å². The molecule has 0 aromatic heterocycles. The Morgan fingerprint density at radius 3 is 2.22 bits per heavy atom. The van der Waals surface area contributed by atoms with Crippen molar-refractivity contribution < 1.29 is 4.79 Å². The van der Waals surface area contributed by atoms with Crippen molar-refractivity contribution >= 4 is 5.78 Å². The normalized spacial score (nSPS) is 17.4. The van der Waals surface area contributed by atoms with Crippen LogP contribution in [0, 0.1) is 5.92 Å². The van der Waals surface area contributed by atoms with Crippen LogP contribution in [0.5, 0.6) is 0 Å². The Balaban J connectivity index is 1.93. The van der Waals surface area contributed by atoms with Crippen LogP contribution in [0.25, 0.3) is 0 Å². The Labute approximate surface area is 111 Å². The van der Waals surface area contributed by atoms with E-state index in [-0.39, 0.29) is 0 Å². The van der Waals surface area contributed by atoms with Crippen molar-refractivity contribution in [2.24, 2.45) is 5.92 Å². The third kappa shape index (κ3) is 3.69. The minimum atomic E-state index is 0.338. The molecule has 1 heteroatoms. The van der Waals surface area contributed by atoms with Gasteiger partial charge in [-0.3, -0.25) is 4.79 Å². The molecule has 1 fully saturated rings. The van der Waals surface area contributed by atoms with Gasteiger partial charge in [-0.05, 0) is 17.9 Å². The second-order valence-corrected chi connectivity index (χ2v) is 5.54. The zero-order chi connectivity index (χ0) is 12.8. The van der Waals surface area contributed by atoms with Gasteiger partial charge >= 0.3 is 0 Å². The smallest absolute Gasteiger partial charge is 0.163 e. The van der Waals surface area contributed by atoms with E-state index < -0.39 is 0 Å². The van der Waals surface area contributed by atoms with Crippen LogP contribution in [0.1, 0.15) is 67.8 Å². The van der Waals surface area contributed by atoms with Gasteiger partial charge in [0.2, 0.25) is 0 Å². The number of benzene rings is 1. The Hall–Kier alpha value is -1.11. The summed E-state index contributed by atoms with van der Waals surface area (Å²) in [4.78, 5) is 12.2. The lowest BCUT2D eigenvalue weighted by molar-refractivity contribution is 0.0957. The van der Waals surface area contributed by atoms with Crippen molar-refractivity contribution in [2.75, 3.05) is 0 Å². The fraction of sp³-hybridized carbons (Fsp3) is 0.588. The van der Waals surface area contributed by atoms with Gasteiger partial charge in [-0.1, -0.05) is 69.7 Å². The molecule has 18 heavy (non-hydrogen) atoms. The SMILES string of the molecule is CCc1ccc(C(=O)CC2CCCCCC2)cc1. The molecule has 1 nitrogen and oxygen atoms in total. The lowest BCUT2D eigenvalue weighted by Crippen LogP contribution is -2.08. The Morgan fingerprint density at radius 2 is 1.67 bits per heavy atom. The molecule has 0 radical (unpaired) electrons. The van der Waals surface area contributed by atoms with Gasteiger partial charge < -0.3 is 0 Å². The van der Waals surface area contributed by atoms with Crippen molar-refractivity contribution in [2.45, 2.75) is 58.3 Å². The topological polar surface area (TPSA) is 17.1 Å². The van der Waals surface area contributed by atoms with Crippen LogP contribution in [0.3, 0.4) is 0 Å². The molecule has 0 amide bonds. The highest BCUT2D eigenvalue weighted by Crippen LogP contribution is 2.26. The lowest BCUT2D eigenvalue weighted by Gasteiger charge is -2.12. The van der Waals surface area contributed by atoms with Crippen LogP contribution in [0.2, 0.25) is 0 Å². The van der Waals surface area contributed by atoms with E-state index in [1.165, 1.54) is 44.1 Å². The number of carbonyl (C=O) groups excluding carboxylic acids is 1. The first-order chi connectivity index (χ1) is 8.79. The molecule has 0 atom stereocenters. The molecule has 0 aliphatic heterocycles. The summed E-state index contributed by atoms with van der Waals surface area (Å²) in [5.74, 6) is 0.968. The second-order valence-electron chi connectivity index (χ2n) is 5.54. The summed E-state index contributed by atoms with van der Waals surface area (Å²) in [6.45, 7) is 2.14. The van der Waals surface area contributed by atoms with Crippen LogP contribution in [-0.2, 0) is 6.42 Å². The quantitative estimate of drug-likeness (QED) is 0.549. The zero-order valence-corrected chi connectivity index (χ0v) is 11.5. The van der Waals surface area contributed by atoms with E-state index in [9.17, 15) is 4.79 Å². The Bertz CT molecular complexity index is 369. The molecule has 1 aliphatic carbocycles. The van der Waals surface area contributed by atoms with Crippen LogP contribution < -0.4 is 0 Å². The summed E-state index contributed by atoms with van der Waals surface area (Å²) in [7, 11) is 0. The van der Waals surface area contributed by atoms with Gasteiger partial charge in [-0.15, -0.1) is 0 Å².